The van der Waals surface area contributed by atoms with Crippen LogP contribution < -0.4 is 0 Å². The Labute approximate surface area is 117 Å². The van der Waals surface area contributed by atoms with E-state index in [2.05, 4.69) is 0 Å². The molecule has 0 bridgehead atoms. The van der Waals surface area contributed by atoms with Crippen molar-refractivity contribution in [1.82, 2.24) is 4.90 Å². The topological polar surface area (TPSA) is 54.5 Å². The molecule has 1 aromatic carbocycles. The summed E-state index contributed by atoms with van der Waals surface area (Å²) in [6.07, 6.45) is 1.49. The van der Waals surface area contributed by atoms with Crippen molar-refractivity contribution in [3.8, 4) is 0 Å². The molecule has 20 heavy (non-hydrogen) atoms. The van der Waals surface area contributed by atoms with E-state index in [1.165, 1.54) is 23.1 Å². The molecule has 0 radical (unpaired) electrons. The Balaban J connectivity index is 2.07. The molecule has 1 aromatic rings. The van der Waals surface area contributed by atoms with Crippen LogP contribution in [0.4, 0.5) is 4.39 Å². The third-order valence-electron chi connectivity index (χ3n) is 3.15. The van der Waals surface area contributed by atoms with E-state index in [0.717, 1.165) is 17.7 Å². The quantitative estimate of drug-likeness (QED) is 0.631. The fraction of sp³-hybridized carbons (Fsp3) is 0.357. The zero-order valence-electron chi connectivity index (χ0n) is 11.3. The Morgan fingerprint density at radius 1 is 1.25 bits per heavy atom. The fourth-order valence-electron chi connectivity index (χ4n) is 1.97. The van der Waals surface area contributed by atoms with Crippen molar-refractivity contribution in [2.45, 2.75) is 24.0 Å². The normalized spacial score (nSPS) is 15.7. The van der Waals surface area contributed by atoms with Crippen molar-refractivity contribution in [3.63, 3.8) is 0 Å². The van der Waals surface area contributed by atoms with E-state index in [9.17, 15) is 17.6 Å². The Hall–Kier alpha value is -1.69. The highest BCUT2D eigenvalue weighted by Crippen LogP contribution is 2.24. The zero-order chi connectivity index (χ0) is 14.9. The maximum Gasteiger partial charge on any atom is 0.246 e. The molecule has 1 fully saturated rings. The first-order valence-corrected chi connectivity index (χ1v) is 7.78. The van der Waals surface area contributed by atoms with Gasteiger partial charge in [-0.2, -0.15) is 0 Å². The minimum absolute atomic E-state index is 0.0956. The van der Waals surface area contributed by atoms with Gasteiger partial charge in [0.05, 0.1) is 4.90 Å². The molecule has 0 aliphatic carbocycles. The molecule has 108 valence electrons. The van der Waals surface area contributed by atoms with Crippen LogP contribution in [0, 0.1) is 5.82 Å². The van der Waals surface area contributed by atoms with E-state index in [1.54, 1.807) is 0 Å². The van der Waals surface area contributed by atoms with Gasteiger partial charge in [-0.15, -0.1) is 0 Å². The zero-order valence-corrected chi connectivity index (χ0v) is 12.2. The number of rotatable bonds is 3. The summed E-state index contributed by atoms with van der Waals surface area (Å²) in [7, 11) is -3.50. The molecular weight excluding hydrogens is 281 g/mol. The van der Waals surface area contributed by atoms with Crippen LogP contribution in [0.15, 0.2) is 40.8 Å². The Bertz CT molecular complexity index is 640. The van der Waals surface area contributed by atoms with Crippen molar-refractivity contribution in [2.75, 3.05) is 13.1 Å². The number of carbonyl (C=O) groups is 1. The van der Waals surface area contributed by atoms with Crippen LogP contribution in [0.25, 0.3) is 0 Å². The number of amides is 1. The summed E-state index contributed by atoms with van der Waals surface area (Å²) in [5.41, 5.74) is 0.875. The molecule has 0 unspecified atom stereocenters. The van der Waals surface area contributed by atoms with E-state index < -0.39 is 20.9 Å². The van der Waals surface area contributed by atoms with Crippen LogP contribution in [0.3, 0.4) is 0 Å². The SMILES string of the molecule is CC(C)=CC(=O)N1CC(S(=O)(=O)c2ccc(F)cc2)C1. The minimum Gasteiger partial charge on any atom is -0.336 e. The third-order valence-corrected chi connectivity index (χ3v) is 5.26. The maximum atomic E-state index is 12.8. The lowest BCUT2D eigenvalue weighted by Crippen LogP contribution is -2.56. The van der Waals surface area contributed by atoms with Crippen LogP contribution >= 0.6 is 0 Å². The molecule has 0 N–H and O–H groups in total. The molecule has 0 atom stereocenters. The summed E-state index contributed by atoms with van der Waals surface area (Å²) in [5.74, 6) is -0.645. The highest BCUT2D eigenvalue weighted by atomic mass is 32.2. The fourth-order valence-corrected chi connectivity index (χ4v) is 3.62. The summed E-state index contributed by atoms with van der Waals surface area (Å²) >= 11 is 0. The second-order valence-electron chi connectivity index (χ2n) is 5.09. The first-order valence-electron chi connectivity index (χ1n) is 6.24. The van der Waals surface area contributed by atoms with E-state index in [1.807, 2.05) is 13.8 Å². The number of likely N-dealkylation sites (tertiary alicyclic amines) is 1. The van der Waals surface area contributed by atoms with Crippen molar-refractivity contribution in [1.29, 1.82) is 0 Å². The molecule has 1 saturated heterocycles. The van der Waals surface area contributed by atoms with E-state index in [0.29, 0.717) is 0 Å². The first kappa shape index (κ1) is 14.7. The molecule has 1 amide bonds. The number of hydrogen-bond acceptors (Lipinski definition) is 3. The van der Waals surface area contributed by atoms with E-state index >= 15 is 0 Å². The second-order valence-corrected chi connectivity index (χ2v) is 7.31. The molecular formula is C14H16FNO3S. The number of benzene rings is 1. The highest BCUT2D eigenvalue weighted by molar-refractivity contribution is 7.92. The lowest BCUT2D eigenvalue weighted by molar-refractivity contribution is -0.129. The maximum absolute atomic E-state index is 12.8. The summed E-state index contributed by atoms with van der Waals surface area (Å²) in [4.78, 5) is 13.3. The molecule has 4 nitrogen and oxygen atoms in total. The predicted octanol–water partition coefficient (Wildman–Crippen LogP) is 1.78. The molecule has 1 aliphatic heterocycles. The van der Waals surface area contributed by atoms with Gasteiger partial charge in [0, 0.05) is 19.2 Å². The van der Waals surface area contributed by atoms with Gasteiger partial charge in [-0.25, -0.2) is 12.8 Å². The summed E-state index contributed by atoms with van der Waals surface area (Å²) in [5, 5.41) is -0.609. The number of carbonyl (C=O) groups excluding carboxylic acids is 1. The molecule has 0 aromatic heterocycles. The van der Waals surface area contributed by atoms with Crippen molar-refractivity contribution >= 4 is 15.7 Å². The molecule has 1 aliphatic rings. The number of sulfone groups is 1. The number of allylic oxidation sites excluding steroid dienone is 1. The van der Waals surface area contributed by atoms with Crippen LogP contribution in [0.5, 0.6) is 0 Å². The average molecular weight is 297 g/mol. The largest absolute Gasteiger partial charge is 0.336 e. The van der Waals surface area contributed by atoms with Gasteiger partial charge in [0.25, 0.3) is 0 Å². The van der Waals surface area contributed by atoms with Crippen LogP contribution in [0.1, 0.15) is 13.8 Å². The molecule has 2 rings (SSSR count). The van der Waals surface area contributed by atoms with Crippen LogP contribution in [-0.2, 0) is 14.6 Å². The lowest BCUT2D eigenvalue weighted by atomic mass is 10.2. The average Bonchev–Trinajstić information content (AvgIpc) is 2.25. The number of nitrogens with zero attached hydrogens (tertiary/aromatic N) is 1. The molecule has 1 heterocycles. The summed E-state index contributed by atoms with van der Waals surface area (Å²) < 4.78 is 37.3. The van der Waals surface area contributed by atoms with E-state index in [4.69, 9.17) is 0 Å². The number of halogens is 1. The molecule has 6 heteroatoms. The molecule has 0 saturated carbocycles. The Kier molecular flexibility index (Phi) is 3.94. The van der Waals surface area contributed by atoms with Gasteiger partial charge < -0.3 is 4.90 Å². The van der Waals surface area contributed by atoms with Gasteiger partial charge >= 0.3 is 0 Å². The Morgan fingerprint density at radius 3 is 2.30 bits per heavy atom. The standard InChI is InChI=1S/C14H16FNO3S/c1-10(2)7-14(17)16-8-13(9-16)20(18,19)12-5-3-11(15)4-6-12/h3-7,13H,8-9H2,1-2H3. The lowest BCUT2D eigenvalue weighted by Gasteiger charge is -2.38. The first-order chi connectivity index (χ1) is 9.30. The second kappa shape index (κ2) is 5.36. The smallest absolute Gasteiger partial charge is 0.246 e. The minimum atomic E-state index is -3.50. The Morgan fingerprint density at radius 2 is 1.80 bits per heavy atom. The van der Waals surface area contributed by atoms with Crippen molar-refractivity contribution in [3.05, 3.63) is 41.7 Å². The highest BCUT2D eigenvalue weighted by Gasteiger charge is 2.39. The van der Waals surface area contributed by atoms with Crippen molar-refractivity contribution < 1.29 is 17.6 Å². The number of hydrogen-bond donors (Lipinski definition) is 0. The third kappa shape index (κ3) is 2.90. The van der Waals surface area contributed by atoms with Gasteiger partial charge in [-0.05, 0) is 38.1 Å². The van der Waals surface area contributed by atoms with Gasteiger partial charge in [0.15, 0.2) is 9.84 Å². The van der Waals surface area contributed by atoms with Crippen molar-refractivity contribution in [2.24, 2.45) is 0 Å². The van der Waals surface area contributed by atoms with E-state index in [-0.39, 0.29) is 23.9 Å². The summed E-state index contributed by atoms with van der Waals surface area (Å²) in [6.45, 7) is 3.99. The monoisotopic (exact) mass is 297 g/mol. The predicted molar refractivity (Wildman–Crippen MR) is 73.4 cm³/mol. The van der Waals surface area contributed by atoms with Gasteiger partial charge in [-0.3, -0.25) is 4.79 Å². The molecule has 0 spiro atoms. The summed E-state index contributed by atoms with van der Waals surface area (Å²) in [6, 6.07) is 4.76. The van der Waals surface area contributed by atoms with Gasteiger partial charge in [0.1, 0.15) is 11.1 Å². The van der Waals surface area contributed by atoms with Gasteiger partial charge in [-0.1, -0.05) is 5.57 Å². The van der Waals surface area contributed by atoms with Gasteiger partial charge in [0.2, 0.25) is 5.91 Å². The van der Waals surface area contributed by atoms with Crippen LogP contribution in [0.2, 0.25) is 0 Å². The van der Waals surface area contributed by atoms with Crippen LogP contribution in [-0.4, -0.2) is 37.6 Å².